The first-order valence-corrected chi connectivity index (χ1v) is 19.4. The molecule has 4 N–H and O–H groups in total. The number of hydrogen-bond acceptors (Lipinski definition) is 10. The van der Waals surface area contributed by atoms with E-state index in [0.717, 1.165) is 13.8 Å². The largest absolute Gasteiger partial charge is 0.324 e. The number of nitrogens with one attached hydrogen (secondary N) is 4. The summed E-state index contributed by atoms with van der Waals surface area (Å²) in [7, 11) is 0. The molecule has 0 aliphatic heterocycles. The van der Waals surface area contributed by atoms with Gasteiger partial charge in [-0.05, 0) is 98.8 Å². The second-order valence-corrected chi connectivity index (χ2v) is 14.9. The SMILES string of the molecule is CC(=O)C(N=Nc1cccc(C(=O)Nc2cc(Cl)ccc2Cl)c1Cl)C(=O)Nc1ccc(NC(=O)C(N=Nc2cccc(C(=O)Nc3cc(Cl)ccc3Cl)c2Cl)C(C)=O)cc1. The van der Waals surface area contributed by atoms with Gasteiger partial charge in [0, 0.05) is 21.4 Å². The maximum atomic E-state index is 13.1. The van der Waals surface area contributed by atoms with Crippen LogP contribution in [0.15, 0.2) is 118 Å². The van der Waals surface area contributed by atoms with Crippen LogP contribution in [0.1, 0.15) is 34.6 Å². The Morgan fingerprint density at radius 2 is 0.850 bits per heavy atom. The highest BCUT2D eigenvalue weighted by molar-refractivity contribution is 6.39. The van der Waals surface area contributed by atoms with E-state index in [9.17, 15) is 28.8 Å². The number of amides is 4. The lowest BCUT2D eigenvalue weighted by molar-refractivity contribution is -0.127. The number of halogens is 6. The van der Waals surface area contributed by atoms with Crippen molar-refractivity contribution >= 4 is 139 Å². The summed E-state index contributed by atoms with van der Waals surface area (Å²) < 4.78 is 0. The molecule has 0 radical (unpaired) electrons. The average Bonchev–Trinajstić information content (AvgIpc) is 3.19. The molecule has 0 heterocycles. The summed E-state index contributed by atoms with van der Waals surface area (Å²) in [4.78, 5) is 77.1. The Morgan fingerprint density at radius 1 is 0.483 bits per heavy atom. The zero-order valence-corrected chi connectivity index (χ0v) is 35.4. The van der Waals surface area contributed by atoms with E-state index in [2.05, 4.69) is 41.7 Å². The van der Waals surface area contributed by atoms with E-state index < -0.39 is 47.3 Å². The molecule has 0 aliphatic rings. The van der Waals surface area contributed by atoms with Crippen LogP contribution in [0.4, 0.5) is 34.1 Å². The molecule has 0 saturated carbocycles. The van der Waals surface area contributed by atoms with Crippen molar-refractivity contribution in [3.05, 3.63) is 138 Å². The van der Waals surface area contributed by atoms with E-state index in [1.807, 2.05) is 0 Å². The molecule has 5 aromatic carbocycles. The van der Waals surface area contributed by atoms with Crippen molar-refractivity contribution in [2.45, 2.75) is 25.9 Å². The van der Waals surface area contributed by atoms with Gasteiger partial charge in [-0.3, -0.25) is 28.8 Å². The molecule has 2 unspecified atom stereocenters. The van der Waals surface area contributed by atoms with Gasteiger partial charge in [-0.15, -0.1) is 0 Å². The molecule has 60 heavy (non-hydrogen) atoms. The number of azo groups is 2. The van der Waals surface area contributed by atoms with Gasteiger partial charge < -0.3 is 21.3 Å². The molecule has 5 aromatic rings. The maximum Gasteiger partial charge on any atom is 0.258 e. The van der Waals surface area contributed by atoms with Crippen LogP contribution in [0, 0.1) is 0 Å². The highest BCUT2D eigenvalue weighted by Crippen LogP contribution is 2.33. The molecule has 306 valence electrons. The van der Waals surface area contributed by atoms with E-state index >= 15 is 0 Å². The number of anilines is 4. The van der Waals surface area contributed by atoms with E-state index in [-0.39, 0.29) is 65.3 Å². The van der Waals surface area contributed by atoms with Crippen LogP contribution in [0.5, 0.6) is 0 Å². The number of carbonyl (C=O) groups is 6. The first kappa shape index (κ1) is 45.3. The lowest BCUT2D eigenvalue weighted by atomic mass is 10.1. The van der Waals surface area contributed by atoms with Gasteiger partial charge in [-0.1, -0.05) is 81.7 Å². The number of Topliss-reactive ketones (excluding diaryl/α,β-unsaturated/α-hetero) is 2. The molecule has 0 bridgehead atoms. The van der Waals surface area contributed by atoms with Crippen LogP contribution in [0.25, 0.3) is 0 Å². The lowest BCUT2D eigenvalue weighted by Gasteiger charge is -2.12. The molecule has 4 amide bonds. The minimum atomic E-state index is -1.60. The fourth-order valence-corrected chi connectivity index (χ4v) is 6.22. The van der Waals surface area contributed by atoms with Crippen LogP contribution in [-0.2, 0) is 19.2 Å². The molecule has 0 aromatic heterocycles. The summed E-state index contributed by atoms with van der Waals surface area (Å²) in [6.45, 7) is 2.29. The van der Waals surface area contributed by atoms with Gasteiger partial charge in [0.05, 0.1) is 42.6 Å². The fraction of sp³-hybridized carbons (Fsp3) is 0.100. The quantitative estimate of drug-likeness (QED) is 0.0630. The number of ketones is 2. The second-order valence-electron chi connectivity index (χ2n) is 12.4. The minimum absolute atomic E-state index is 0.00348. The number of rotatable bonds is 14. The fourth-order valence-electron chi connectivity index (χ4n) is 5.05. The Balaban J connectivity index is 1.22. The minimum Gasteiger partial charge on any atom is -0.324 e. The lowest BCUT2D eigenvalue weighted by Crippen LogP contribution is -2.32. The Labute approximate surface area is 371 Å². The van der Waals surface area contributed by atoms with Crippen molar-refractivity contribution < 1.29 is 28.8 Å². The van der Waals surface area contributed by atoms with Crippen molar-refractivity contribution in [3.63, 3.8) is 0 Å². The second kappa shape index (κ2) is 20.5. The van der Waals surface area contributed by atoms with Gasteiger partial charge in [-0.2, -0.15) is 20.5 Å². The predicted molar refractivity (Wildman–Crippen MR) is 233 cm³/mol. The molecule has 5 rings (SSSR count). The molecular formula is C40H28Cl6N8O6. The van der Waals surface area contributed by atoms with Gasteiger partial charge in [0.1, 0.15) is 11.4 Å². The first-order valence-electron chi connectivity index (χ1n) is 17.2. The Kier molecular flexibility index (Phi) is 15.5. The highest BCUT2D eigenvalue weighted by atomic mass is 35.5. The van der Waals surface area contributed by atoms with Gasteiger partial charge >= 0.3 is 0 Å². The number of carbonyl (C=O) groups excluding carboxylic acids is 6. The summed E-state index contributed by atoms with van der Waals surface area (Å²) in [6, 6.07) is 20.2. The van der Waals surface area contributed by atoms with E-state index in [1.54, 1.807) is 12.1 Å². The maximum absolute atomic E-state index is 13.1. The standard InChI is InChI=1S/C40H28Cl6N8O6/c1-19(55)35(53-51-29-7-3-5-25(33(29)45)37(57)49-31-17-21(41)9-15-27(31)43)39(59)47-23-11-13-24(14-12-23)48-40(60)36(20(2)56)54-52-30-8-4-6-26(34(30)46)38(58)50-32-18-22(42)10-16-28(32)44/h3-18,35-36H,1-2H3,(H,47,59)(H,48,60)(H,49,57)(H,50,58). The Bertz CT molecular complexity index is 2410. The van der Waals surface area contributed by atoms with Crippen LogP contribution in [0.2, 0.25) is 30.1 Å². The molecule has 0 spiro atoms. The van der Waals surface area contributed by atoms with Gasteiger partial charge in [0.15, 0.2) is 11.6 Å². The van der Waals surface area contributed by atoms with Crippen LogP contribution >= 0.6 is 69.6 Å². The predicted octanol–water partition coefficient (Wildman–Crippen LogP) is 11.5. The van der Waals surface area contributed by atoms with E-state index in [0.29, 0.717) is 10.0 Å². The van der Waals surface area contributed by atoms with Crippen molar-refractivity contribution in [3.8, 4) is 0 Å². The topological polar surface area (TPSA) is 200 Å². The molecular weight excluding hydrogens is 901 g/mol. The number of hydrogen-bond donors (Lipinski definition) is 4. The molecule has 14 nitrogen and oxygen atoms in total. The van der Waals surface area contributed by atoms with Gasteiger partial charge in [-0.25, -0.2) is 0 Å². The molecule has 0 saturated heterocycles. The monoisotopic (exact) mass is 926 g/mol. The van der Waals surface area contributed by atoms with Crippen molar-refractivity contribution in [1.82, 2.24) is 0 Å². The van der Waals surface area contributed by atoms with Crippen molar-refractivity contribution in [2.24, 2.45) is 20.5 Å². The van der Waals surface area contributed by atoms with E-state index in [1.165, 1.54) is 84.9 Å². The molecule has 0 aliphatic carbocycles. The summed E-state index contributed by atoms with van der Waals surface area (Å²) in [6.07, 6.45) is 0. The van der Waals surface area contributed by atoms with Gasteiger partial charge in [0.2, 0.25) is 12.1 Å². The molecule has 20 heteroatoms. The van der Waals surface area contributed by atoms with Crippen molar-refractivity contribution in [2.75, 3.05) is 21.3 Å². The summed E-state index contributed by atoms with van der Waals surface area (Å²) in [5, 5.41) is 27.0. The van der Waals surface area contributed by atoms with E-state index in [4.69, 9.17) is 69.6 Å². The number of benzene rings is 5. The summed E-state index contributed by atoms with van der Waals surface area (Å²) in [5.41, 5.74) is 0.961. The third kappa shape index (κ3) is 11.7. The smallest absolute Gasteiger partial charge is 0.258 e. The van der Waals surface area contributed by atoms with Crippen molar-refractivity contribution in [1.29, 1.82) is 0 Å². The Hall–Kier alpha value is -5.74. The normalized spacial score (nSPS) is 12.1. The van der Waals surface area contributed by atoms with Gasteiger partial charge in [0.25, 0.3) is 23.6 Å². The average molecular weight is 929 g/mol. The summed E-state index contributed by atoms with van der Waals surface area (Å²) in [5.74, 6) is -4.23. The third-order valence-electron chi connectivity index (χ3n) is 8.05. The third-order valence-corrected chi connectivity index (χ3v) is 9.97. The zero-order valence-electron chi connectivity index (χ0n) is 30.9. The highest BCUT2D eigenvalue weighted by Gasteiger charge is 2.26. The first-order chi connectivity index (χ1) is 28.5. The summed E-state index contributed by atoms with van der Waals surface area (Å²) >= 11 is 37.2. The zero-order chi connectivity index (χ0) is 43.7. The molecule has 0 fully saturated rings. The number of nitrogens with zero attached hydrogens (tertiary/aromatic N) is 4. The van der Waals surface area contributed by atoms with Crippen LogP contribution in [-0.4, -0.2) is 47.3 Å². The Morgan fingerprint density at radius 3 is 1.20 bits per heavy atom. The molecule has 2 atom stereocenters. The van der Waals surface area contributed by atoms with Crippen LogP contribution < -0.4 is 21.3 Å². The van der Waals surface area contributed by atoms with Crippen LogP contribution in [0.3, 0.4) is 0 Å².